The Labute approximate surface area is 121 Å². The van der Waals surface area contributed by atoms with Crippen LogP contribution in [0.3, 0.4) is 0 Å². The van der Waals surface area contributed by atoms with Crippen LogP contribution in [-0.4, -0.2) is 29.8 Å². The third kappa shape index (κ3) is 6.15. The molecule has 20 heavy (non-hydrogen) atoms. The van der Waals surface area contributed by atoms with Gasteiger partial charge in [0.25, 0.3) is 0 Å². The topological polar surface area (TPSA) is 32.3 Å². The third-order valence-electron chi connectivity index (χ3n) is 2.86. The lowest BCUT2D eigenvalue weighted by molar-refractivity contribution is -0.137. The SMILES string of the molecule is CC(NCCSCCCO)c1cccc(C(F)(F)F)c1. The van der Waals surface area contributed by atoms with Crippen molar-refractivity contribution in [2.45, 2.75) is 25.6 Å². The van der Waals surface area contributed by atoms with Crippen LogP contribution in [-0.2, 0) is 6.18 Å². The average molecular weight is 307 g/mol. The minimum absolute atomic E-state index is 0.115. The van der Waals surface area contributed by atoms with Gasteiger partial charge in [-0.3, -0.25) is 0 Å². The van der Waals surface area contributed by atoms with E-state index in [4.69, 9.17) is 5.11 Å². The fourth-order valence-corrected chi connectivity index (χ4v) is 2.52. The normalized spacial score (nSPS) is 13.4. The number of nitrogens with one attached hydrogen (secondary N) is 1. The summed E-state index contributed by atoms with van der Waals surface area (Å²) in [5.74, 6) is 1.78. The molecule has 2 N–H and O–H groups in total. The first-order chi connectivity index (χ1) is 9.45. The second kappa shape index (κ2) is 8.54. The molecule has 0 radical (unpaired) electrons. The second-order valence-corrected chi connectivity index (χ2v) is 5.71. The van der Waals surface area contributed by atoms with Crippen LogP contribution in [0.1, 0.15) is 30.5 Å². The standard InChI is InChI=1S/C14H20F3NOS/c1-11(18-6-9-20-8-3-7-19)12-4-2-5-13(10-12)14(15,16)17/h2,4-5,10-11,18-19H,3,6-9H2,1H3. The van der Waals surface area contributed by atoms with E-state index < -0.39 is 11.7 Å². The lowest BCUT2D eigenvalue weighted by atomic mass is 10.1. The molecule has 1 atom stereocenters. The highest BCUT2D eigenvalue weighted by Gasteiger charge is 2.30. The Balaban J connectivity index is 2.41. The summed E-state index contributed by atoms with van der Waals surface area (Å²) in [6.07, 6.45) is -3.52. The molecule has 0 amide bonds. The number of alkyl halides is 3. The quantitative estimate of drug-likeness (QED) is 0.721. The van der Waals surface area contributed by atoms with Crippen LogP contribution >= 0.6 is 11.8 Å². The molecule has 0 bridgehead atoms. The summed E-state index contributed by atoms with van der Waals surface area (Å²) >= 11 is 1.72. The number of hydrogen-bond acceptors (Lipinski definition) is 3. The van der Waals surface area contributed by atoms with Crippen molar-refractivity contribution in [1.82, 2.24) is 5.32 Å². The molecule has 0 aliphatic rings. The van der Waals surface area contributed by atoms with Gasteiger partial charge in [0.05, 0.1) is 5.56 Å². The molecule has 1 aromatic rings. The van der Waals surface area contributed by atoms with E-state index in [2.05, 4.69) is 5.32 Å². The Morgan fingerprint density at radius 2 is 2.05 bits per heavy atom. The number of aliphatic hydroxyl groups is 1. The van der Waals surface area contributed by atoms with E-state index in [0.717, 1.165) is 30.5 Å². The number of halogens is 3. The van der Waals surface area contributed by atoms with Crippen molar-refractivity contribution in [2.24, 2.45) is 0 Å². The minimum Gasteiger partial charge on any atom is -0.396 e. The van der Waals surface area contributed by atoms with Crippen molar-refractivity contribution in [3.8, 4) is 0 Å². The van der Waals surface area contributed by atoms with E-state index in [1.165, 1.54) is 12.1 Å². The smallest absolute Gasteiger partial charge is 0.396 e. The zero-order chi connectivity index (χ0) is 15.0. The van der Waals surface area contributed by atoms with E-state index in [9.17, 15) is 13.2 Å². The molecule has 1 rings (SSSR count). The first kappa shape index (κ1) is 17.3. The van der Waals surface area contributed by atoms with Gasteiger partial charge in [0.1, 0.15) is 0 Å². The van der Waals surface area contributed by atoms with E-state index in [1.54, 1.807) is 17.8 Å². The maximum atomic E-state index is 12.6. The van der Waals surface area contributed by atoms with Gasteiger partial charge < -0.3 is 10.4 Å². The summed E-state index contributed by atoms with van der Waals surface area (Å²) in [6, 6.07) is 5.30. The average Bonchev–Trinajstić information content (AvgIpc) is 2.41. The number of benzene rings is 1. The summed E-state index contributed by atoms with van der Waals surface area (Å²) in [6.45, 7) is 2.78. The van der Waals surface area contributed by atoms with Gasteiger partial charge in [0, 0.05) is 24.9 Å². The molecular formula is C14H20F3NOS. The number of hydrogen-bond donors (Lipinski definition) is 2. The molecular weight excluding hydrogens is 287 g/mol. The summed E-state index contributed by atoms with van der Waals surface area (Å²) in [7, 11) is 0. The van der Waals surface area contributed by atoms with Gasteiger partial charge in [-0.2, -0.15) is 24.9 Å². The monoisotopic (exact) mass is 307 g/mol. The van der Waals surface area contributed by atoms with Crippen LogP contribution < -0.4 is 5.32 Å². The van der Waals surface area contributed by atoms with Gasteiger partial charge in [-0.15, -0.1) is 0 Å². The summed E-state index contributed by atoms with van der Waals surface area (Å²) in [4.78, 5) is 0. The van der Waals surface area contributed by atoms with E-state index in [-0.39, 0.29) is 12.6 Å². The fourth-order valence-electron chi connectivity index (χ4n) is 1.72. The Bertz CT molecular complexity index is 398. The van der Waals surface area contributed by atoms with Crippen molar-refractivity contribution in [1.29, 1.82) is 0 Å². The van der Waals surface area contributed by atoms with Crippen molar-refractivity contribution < 1.29 is 18.3 Å². The van der Waals surface area contributed by atoms with E-state index in [0.29, 0.717) is 5.56 Å². The van der Waals surface area contributed by atoms with Crippen LogP contribution in [0.4, 0.5) is 13.2 Å². The van der Waals surface area contributed by atoms with E-state index >= 15 is 0 Å². The largest absolute Gasteiger partial charge is 0.416 e. The van der Waals surface area contributed by atoms with Crippen LogP contribution in [0.2, 0.25) is 0 Å². The second-order valence-electron chi connectivity index (χ2n) is 4.49. The Morgan fingerprint density at radius 1 is 1.30 bits per heavy atom. The molecule has 2 nitrogen and oxygen atoms in total. The van der Waals surface area contributed by atoms with Gasteiger partial charge in [-0.1, -0.05) is 12.1 Å². The lowest BCUT2D eigenvalue weighted by Crippen LogP contribution is -2.22. The highest BCUT2D eigenvalue weighted by atomic mass is 32.2. The van der Waals surface area contributed by atoms with Crippen molar-refractivity contribution in [2.75, 3.05) is 24.7 Å². The number of thioether (sulfide) groups is 1. The summed E-state index contributed by atoms with van der Waals surface area (Å²) < 4.78 is 37.8. The fraction of sp³-hybridized carbons (Fsp3) is 0.571. The molecule has 114 valence electrons. The molecule has 0 fully saturated rings. The minimum atomic E-state index is -4.30. The first-order valence-electron chi connectivity index (χ1n) is 6.54. The van der Waals surface area contributed by atoms with Crippen molar-refractivity contribution in [3.05, 3.63) is 35.4 Å². The van der Waals surface area contributed by atoms with Gasteiger partial charge in [0.15, 0.2) is 0 Å². The summed E-state index contributed by atoms with van der Waals surface area (Å²) in [5, 5.41) is 11.8. The number of rotatable bonds is 8. The molecule has 6 heteroatoms. The van der Waals surface area contributed by atoms with Crippen LogP contribution in [0.15, 0.2) is 24.3 Å². The Hall–Kier alpha value is -0.720. The Morgan fingerprint density at radius 3 is 2.70 bits per heavy atom. The third-order valence-corrected chi connectivity index (χ3v) is 3.93. The Kier molecular flexibility index (Phi) is 7.40. The van der Waals surface area contributed by atoms with Gasteiger partial charge in [-0.25, -0.2) is 0 Å². The molecule has 0 aromatic heterocycles. The van der Waals surface area contributed by atoms with Gasteiger partial charge in [-0.05, 0) is 36.8 Å². The maximum Gasteiger partial charge on any atom is 0.416 e. The zero-order valence-corrected chi connectivity index (χ0v) is 12.2. The van der Waals surface area contributed by atoms with Crippen LogP contribution in [0.5, 0.6) is 0 Å². The molecule has 1 unspecified atom stereocenters. The summed E-state index contributed by atoms with van der Waals surface area (Å²) in [5.41, 5.74) is 0.0288. The number of aliphatic hydroxyl groups excluding tert-OH is 1. The lowest BCUT2D eigenvalue weighted by Gasteiger charge is -2.16. The highest BCUT2D eigenvalue weighted by Crippen LogP contribution is 2.30. The maximum absolute atomic E-state index is 12.6. The molecule has 0 heterocycles. The van der Waals surface area contributed by atoms with Crippen LogP contribution in [0.25, 0.3) is 0 Å². The molecule has 0 saturated heterocycles. The molecule has 0 saturated carbocycles. The zero-order valence-electron chi connectivity index (χ0n) is 11.4. The molecule has 0 aliphatic heterocycles. The predicted molar refractivity (Wildman–Crippen MR) is 76.9 cm³/mol. The van der Waals surface area contributed by atoms with E-state index in [1.807, 2.05) is 6.92 Å². The molecule has 1 aromatic carbocycles. The molecule has 0 spiro atoms. The van der Waals surface area contributed by atoms with Crippen molar-refractivity contribution >= 4 is 11.8 Å². The first-order valence-corrected chi connectivity index (χ1v) is 7.69. The predicted octanol–water partition coefficient (Wildman–Crippen LogP) is 3.47. The highest BCUT2D eigenvalue weighted by molar-refractivity contribution is 7.99. The van der Waals surface area contributed by atoms with Gasteiger partial charge in [0.2, 0.25) is 0 Å². The van der Waals surface area contributed by atoms with Crippen molar-refractivity contribution in [3.63, 3.8) is 0 Å². The van der Waals surface area contributed by atoms with Crippen LogP contribution in [0, 0.1) is 0 Å². The van der Waals surface area contributed by atoms with Gasteiger partial charge >= 0.3 is 6.18 Å². The molecule has 0 aliphatic carbocycles.